The molecule has 7 heteroatoms. The SMILES string of the molecule is Cn1ccc2c(-c3nnc(-c4cccnc4)s3)nc(-c3ccccn3)cc21. The predicted molar refractivity (Wildman–Crippen MR) is 106 cm³/mol. The number of nitrogens with zero attached hydrogens (tertiary/aromatic N) is 6. The fourth-order valence-corrected chi connectivity index (χ4v) is 3.83. The zero-order valence-electron chi connectivity index (χ0n) is 14.4. The van der Waals surface area contributed by atoms with Crippen molar-refractivity contribution in [1.82, 2.24) is 29.7 Å². The van der Waals surface area contributed by atoms with Crippen LogP contribution in [0.25, 0.3) is 43.6 Å². The fourth-order valence-electron chi connectivity index (χ4n) is 3.00. The highest BCUT2D eigenvalue weighted by Crippen LogP contribution is 2.34. The molecule has 0 aliphatic carbocycles. The highest BCUT2D eigenvalue weighted by Gasteiger charge is 2.17. The second kappa shape index (κ2) is 6.37. The molecule has 0 radical (unpaired) electrons. The molecule has 0 fully saturated rings. The lowest BCUT2D eigenvalue weighted by Crippen LogP contribution is -1.93. The monoisotopic (exact) mass is 370 g/mol. The molecule has 0 aliphatic rings. The van der Waals surface area contributed by atoms with Crippen molar-refractivity contribution in [3.63, 3.8) is 0 Å². The van der Waals surface area contributed by atoms with Crippen LogP contribution in [0.2, 0.25) is 0 Å². The Labute approximate surface area is 159 Å². The first-order chi connectivity index (χ1) is 13.3. The Bertz CT molecular complexity index is 1230. The molecule has 0 unspecified atom stereocenters. The lowest BCUT2D eigenvalue weighted by Gasteiger charge is -2.06. The van der Waals surface area contributed by atoms with Crippen molar-refractivity contribution in [3.8, 4) is 32.7 Å². The van der Waals surface area contributed by atoms with Gasteiger partial charge < -0.3 is 4.57 Å². The minimum atomic E-state index is 0.780. The van der Waals surface area contributed by atoms with Crippen LogP contribution in [-0.2, 0) is 7.05 Å². The summed E-state index contributed by atoms with van der Waals surface area (Å²) in [5.74, 6) is 0. The molecule has 27 heavy (non-hydrogen) atoms. The summed E-state index contributed by atoms with van der Waals surface area (Å²) in [4.78, 5) is 13.5. The summed E-state index contributed by atoms with van der Waals surface area (Å²) in [7, 11) is 2.02. The maximum atomic E-state index is 4.88. The second-order valence-corrected chi connectivity index (χ2v) is 7.06. The van der Waals surface area contributed by atoms with E-state index in [2.05, 4.69) is 36.9 Å². The van der Waals surface area contributed by atoms with Crippen molar-refractivity contribution in [2.75, 3.05) is 0 Å². The summed E-state index contributed by atoms with van der Waals surface area (Å²) in [6.45, 7) is 0. The van der Waals surface area contributed by atoms with Crippen molar-refractivity contribution >= 4 is 22.2 Å². The molecule has 0 bridgehead atoms. The van der Waals surface area contributed by atoms with Gasteiger partial charge in [-0.3, -0.25) is 9.97 Å². The summed E-state index contributed by atoms with van der Waals surface area (Å²) in [5, 5.41) is 11.4. The number of fused-ring (bicyclic) bond motifs is 1. The quantitative estimate of drug-likeness (QED) is 0.476. The topological polar surface area (TPSA) is 69.4 Å². The number of rotatable bonds is 3. The molecule has 5 aromatic heterocycles. The molecule has 5 rings (SSSR count). The van der Waals surface area contributed by atoms with Gasteiger partial charge in [0.25, 0.3) is 0 Å². The standard InChI is InChI=1S/C20H14N6S/c1-26-10-7-14-17(26)11-16(15-6-2-3-9-22-15)23-18(14)20-25-24-19(27-20)13-5-4-8-21-12-13/h2-12H,1H3. The van der Waals surface area contributed by atoms with Gasteiger partial charge in [-0.1, -0.05) is 17.4 Å². The van der Waals surface area contributed by atoms with E-state index in [4.69, 9.17) is 4.98 Å². The van der Waals surface area contributed by atoms with E-state index in [0.717, 1.165) is 43.6 Å². The third-order valence-corrected chi connectivity index (χ3v) is 5.32. The van der Waals surface area contributed by atoms with Gasteiger partial charge in [-0.05, 0) is 36.4 Å². The third kappa shape index (κ3) is 2.78. The molecule has 0 aliphatic heterocycles. The van der Waals surface area contributed by atoms with Crippen molar-refractivity contribution in [2.45, 2.75) is 0 Å². The van der Waals surface area contributed by atoms with E-state index in [1.54, 1.807) is 18.6 Å². The van der Waals surface area contributed by atoms with Crippen LogP contribution in [0.5, 0.6) is 0 Å². The van der Waals surface area contributed by atoms with Gasteiger partial charge >= 0.3 is 0 Å². The third-order valence-electron chi connectivity index (χ3n) is 4.34. The Kier molecular flexibility index (Phi) is 3.72. The molecule has 0 amide bonds. The number of hydrogen-bond acceptors (Lipinski definition) is 6. The van der Waals surface area contributed by atoms with E-state index in [9.17, 15) is 0 Å². The fraction of sp³-hybridized carbons (Fsp3) is 0.0500. The van der Waals surface area contributed by atoms with Crippen LogP contribution in [0.1, 0.15) is 0 Å². The molecule has 0 spiro atoms. The molecular weight excluding hydrogens is 356 g/mol. The van der Waals surface area contributed by atoms with E-state index in [-0.39, 0.29) is 0 Å². The van der Waals surface area contributed by atoms with Crippen LogP contribution in [0.4, 0.5) is 0 Å². The van der Waals surface area contributed by atoms with Gasteiger partial charge in [0.15, 0.2) is 5.01 Å². The van der Waals surface area contributed by atoms with Crippen LogP contribution < -0.4 is 0 Å². The molecule has 0 aromatic carbocycles. The summed E-state index contributed by atoms with van der Waals surface area (Å²) in [6, 6.07) is 13.8. The zero-order chi connectivity index (χ0) is 18.2. The van der Waals surface area contributed by atoms with Crippen LogP contribution in [0.15, 0.2) is 67.3 Å². The lowest BCUT2D eigenvalue weighted by molar-refractivity contribution is 0.968. The van der Waals surface area contributed by atoms with Gasteiger partial charge in [0.2, 0.25) is 0 Å². The number of pyridine rings is 3. The largest absolute Gasteiger partial charge is 0.350 e. The molecule has 0 saturated carbocycles. The van der Waals surface area contributed by atoms with Crippen molar-refractivity contribution in [3.05, 3.63) is 67.3 Å². The van der Waals surface area contributed by atoms with Crippen LogP contribution >= 0.6 is 11.3 Å². The van der Waals surface area contributed by atoms with E-state index in [0.29, 0.717) is 0 Å². The zero-order valence-corrected chi connectivity index (χ0v) is 15.3. The maximum absolute atomic E-state index is 4.88. The van der Waals surface area contributed by atoms with Crippen molar-refractivity contribution in [1.29, 1.82) is 0 Å². The molecule has 0 N–H and O–H groups in total. The average molecular weight is 370 g/mol. The van der Waals surface area contributed by atoms with Gasteiger partial charge in [0, 0.05) is 42.8 Å². The first kappa shape index (κ1) is 15.8. The van der Waals surface area contributed by atoms with Gasteiger partial charge in [-0.2, -0.15) is 0 Å². The highest BCUT2D eigenvalue weighted by atomic mass is 32.1. The Hall–Kier alpha value is -3.45. The second-order valence-electron chi connectivity index (χ2n) is 6.08. The molecule has 0 saturated heterocycles. The smallest absolute Gasteiger partial charge is 0.167 e. The summed E-state index contributed by atoms with van der Waals surface area (Å²) in [5.41, 5.74) is 4.50. The summed E-state index contributed by atoms with van der Waals surface area (Å²) >= 11 is 1.51. The van der Waals surface area contributed by atoms with E-state index < -0.39 is 0 Å². The Morgan fingerprint density at radius 2 is 1.85 bits per heavy atom. The Morgan fingerprint density at radius 3 is 2.67 bits per heavy atom. The molecule has 5 aromatic rings. The molecule has 0 atom stereocenters. The van der Waals surface area contributed by atoms with Crippen LogP contribution in [0.3, 0.4) is 0 Å². The average Bonchev–Trinajstić information content (AvgIpc) is 3.36. The molecule has 130 valence electrons. The normalized spacial score (nSPS) is 11.1. The summed E-state index contributed by atoms with van der Waals surface area (Å²) in [6.07, 6.45) is 7.34. The molecular formula is C20H14N6S. The number of aromatic nitrogens is 6. The van der Waals surface area contributed by atoms with Gasteiger partial charge in [0.05, 0.1) is 16.9 Å². The Balaban J connectivity index is 1.70. The van der Waals surface area contributed by atoms with E-state index >= 15 is 0 Å². The first-order valence-electron chi connectivity index (χ1n) is 8.41. The van der Waals surface area contributed by atoms with E-state index in [1.165, 1.54) is 11.3 Å². The predicted octanol–water partition coefficient (Wildman–Crippen LogP) is 4.22. The van der Waals surface area contributed by atoms with Gasteiger partial charge in [0.1, 0.15) is 10.7 Å². The molecule has 6 nitrogen and oxygen atoms in total. The minimum Gasteiger partial charge on any atom is -0.350 e. The first-order valence-corrected chi connectivity index (χ1v) is 9.23. The van der Waals surface area contributed by atoms with Gasteiger partial charge in [-0.15, -0.1) is 10.2 Å². The van der Waals surface area contributed by atoms with Crippen LogP contribution in [0, 0.1) is 0 Å². The Morgan fingerprint density at radius 1 is 0.926 bits per heavy atom. The highest BCUT2D eigenvalue weighted by molar-refractivity contribution is 7.18. The lowest BCUT2D eigenvalue weighted by atomic mass is 10.1. The maximum Gasteiger partial charge on any atom is 0.167 e. The summed E-state index contributed by atoms with van der Waals surface area (Å²) < 4.78 is 2.08. The number of aryl methyl sites for hydroxylation is 1. The minimum absolute atomic E-state index is 0.780. The van der Waals surface area contributed by atoms with Crippen molar-refractivity contribution in [2.24, 2.45) is 7.05 Å². The van der Waals surface area contributed by atoms with E-state index in [1.807, 2.05) is 43.6 Å². The van der Waals surface area contributed by atoms with Crippen molar-refractivity contribution < 1.29 is 0 Å². The van der Waals surface area contributed by atoms with Gasteiger partial charge in [-0.25, -0.2) is 4.98 Å². The number of hydrogen-bond donors (Lipinski definition) is 0. The molecule has 5 heterocycles. The van der Waals surface area contributed by atoms with Crippen LogP contribution in [-0.4, -0.2) is 29.7 Å².